The van der Waals surface area contributed by atoms with E-state index in [9.17, 15) is 0 Å². The quantitative estimate of drug-likeness (QED) is 0.445. The van der Waals surface area contributed by atoms with Crippen molar-refractivity contribution in [1.29, 1.82) is 0 Å². The lowest BCUT2D eigenvalue weighted by atomic mass is 10.3. The van der Waals surface area contributed by atoms with Crippen molar-refractivity contribution in [2.24, 2.45) is 5.84 Å². The zero-order valence-electron chi connectivity index (χ0n) is 8.61. The van der Waals surface area contributed by atoms with Crippen LogP contribution < -0.4 is 16.6 Å². The highest BCUT2D eigenvalue weighted by Crippen LogP contribution is 2.23. The number of benzene rings is 1. The van der Waals surface area contributed by atoms with Crippen LogP contribution in [0.2, 0.25) is 5.02 Å². The van der Waals surface area contributed by atoms with Gasteiger partial charge in [0.25, 0.3) is 0 Å². The third kappa shape index (κ3) is 3.18. The van der Waals surface area contributed by atoms with Crippen LogP contribution in [0.3, 0.4) is 0 Å². The van der Waals surface area contributed by atoms with Gasteiger partial charge in [0.15, 0.2) is 5.82 Å². The fourth-order valence-corrected chi connectivity index (χ4v) is 1.69. The average Bonchev–Trinajstić information content (AvgIpc) is 2.35. The Hall–Kier alpha value is -1.12. The van der Waals surface area contributed by atoms with Gasteiger partial charge in [0.1, 0.15) is 5.02 Å². The van der Waals surface area contributed by atoms with Gasteiger partial charge in [-0.15, -0.1) is 0 Å². The van der Waals surface area contributed by atoms with Crippen LogP contribution in [0.5, 0.6) is 0 Å². The minimum atomic E-state index is 0.308. The van der Waals surface area contributed by atoms with E-state index in [-0.39, 0.29) is 0 Å². The fraction of sp³-hybridized carbons (Fsp3) is 0. The third-order valence-corrected chi connectivity index (χ3v) is 2.98. The number of nitrogens with one attached hydrogen (secondary N) is 2. The topological polar surface area (TPSA) is 75.9 Å². The summed E-state index contributed by atoms with van der Waals surface area (Å²) in [6.07, 6.45) is 1.48. The van der Waals surface area contributed by atoms with Crippen molar-refractivity contribution in [3.8, 4) is 0 Å². The van der Waals surface area contributed by atoms with Crippen molar-refractivity contribution in [2.75, 3.05) is 10.7 Å². The molecule has 1 aromatic heterocycles. The van der Waals surface area contributed by atoms with Crippen LogP contribution in [0.15, 0.2) is 30.5 Å². The lowest BCUT2D eigenvalue weighted by Crippen LogP contribution is -2.11. The molecule has 4 N–H and O–H groups in total. The highest BCUT2D eigenvalue weighted by molar-refractivity contribution is 14.1. The molecule has 1 aromatic carbocycles. The van der Waals surface area contributed by atoms with Gasteiger partial charge in [-0.3, -0.25) is 5.43 Å². The monoisotopic (exact) mass is 361 g/mol. The molecule has 2 rings (SSSR count). The highest BCUT2D eigenvalue weighted by Gasteiger charge is 2.04. The molecule has 1 heterocycles. The van der Waals surface area contributed by atoms with E-state index in [1.165, 1.54) is 6.20 Å². The summed E-state index contributed by atoms with van der Waals surface area (Å²) >= 11 is 8.22. The van der Waals surface area contributed by atoms with Crippen LogP contribution in [0, 0.1) is 3.57 Å². The molecule has 0 aliphatic carbocycles. The van der Waals surface area contributed by atoms with E-state index in [2.05, 4.69) is 43.3 Å². The maximum Gasteiger partial charge on any atom is 0.239 e. The molecule has 5 nitrogen and oxygen atoms in total. The number of hydrazine groups is 1. The molecular formula is C10H9ClIN5. The maximum absolute atomic E-state index is 5.98. The SMILES string of the molecule is NNc1ncc(Cl)c(Nc2ccc(I)cc2)n1. The Labute approximate surface area is 117 Å². The summed E-state index contributed by atoms with van der Waals surface area (Å²) in [7, 11) is 0. The van der Waals surface area contributed by atoms with Crippen molar-refractivity contribution in [3.63, 3.8) is 0 Å². The second kappa shape index (κ2) is 5.48. The number of anilines is 3. The number of hydrogen-bond acceptors (Lipinski definition) is 5. The fourth-order valence-electron chi connectivity index (χ4n) is 1.19. The van der Waals surface area contributed by atoms with Gasteiger partial charge < -0.3 is 5.32 Å². The van der Waals surface area contributed by atoms with E-state index < -0.39 is 0 Å². The van der Waals surface area contributed by atoms with Crippen LogP contribution in [0.25, 0.3) is 0 Å². The second-order valence-corrected chi connectivity index (χ2v) is 4.82. The number of nitrogen functional groups attached to an aromatic ring is 1. The van der Waals surface area contributed by atoms with Crippen molar-refractivity contribution in [3.05, 3.63) is 39.1 Å². The van der Waals surface area contributed by atoms with Gasteiger partial charge in [-0.1, -0.05) is 11.6 Å². The molecule has 0 fully saturated rings. The minimum absolute atomic E-state index is 0.308. The summed E-state index contributed by atoms with van der Waals surface area (Å²) in [4.78, 5) is 8.01. The zero-order valence-corrected chi connectivity index (χ0v) is 11.5. The summed E-state index contributed by atoms with van der Waals surface area (Å²) in [5.74, 6) is 6.05. The zero-order chi connectivity index (χ0) is 12.3. The number of nitrogens with zero attached hydrogens (tertiary/aromatic N) is 2. The molecule has 0 bridgehead atoms. The first-order valence-corrected chi connectivity index (χ1v) is 6.16. The van der Waals surface area contributed by atoms with E-state index in [4.69, 9.17) is 17.4 Å². The highest BCUT2D eigenvalue weighted by atomic mass is 127. The Morgan fingerprint density at radius 3 is 2.59 bits per heavy atom. The van der Waals surface area contributed by atoms with Crippen molar-refractivity contribution >= 4 is 51.6 Å². The third-order valence-electron chi connectivity index (χ3n) is 1.98. The van der Waals surface area contributed by atoms with Gasteiger partial charge in [0.2, 0.25) is 5.95 Å². The van der Waals surface area contributed by atoms with Crippen molar-refractivity contribution < 1.29 is 0 Å². The van der Waals surface area contributed by atoms with E-state index in [1.54, 1.807) is 0 Å². The molecule has 2 aromatic rings. The summed E-state index contributed by atoms with van der Waals surface area (Å²) in [6.45, 7) is 0. The van der Waals surface area contributed by atoms with Crippen LogP contribution in [0.1, 0.15) is 0 Å². The molecule has 0 spiro atoms. The molecule has 7 heteroatoms. The number of nitrogens with two attached hydrogens (primary N) is 1. The van der Waals surface area contributed by atoms with Crippen LogP contribution in [-0.2, 0) is 0 Å². The predicted molar refractivity (Wildman–Crippen MR) is 77.3 cm³/mol. The Morgan fingerprint density at radius 1 is 1.24 bits per heavy atom. The summed E-state index contributed by atoms with van der Waals surface area (Å²) in [5.41, 5.74) is 3.26. The summed E-state index contributed by atoms with van der Waals surface area (Å²) < 4.78 is 1.16. The summed E-state index contributed by atoms with van der Waals surface area (Å²) in [5, 5.41) is 3.53. The smallest absolute Gasteiger partial charge is 0.239 e. The van der Waals surface area contributed by atoms with Crippen LogP contribution >= 0.6 is 34.2 Å². The van der Waals surface area contributed by atoms with Gasteiger partial charge in [-0.25, -0.2) is 10.8 Å². The lowest BCUT2D eigenvalue weighted by Gasteiger charge is -2.08. The molecular weight excluding hydrogens is 353 g/mol. The molecule has 88 valence electrons. The number of hydrogen-bond donors (Lipinski definition) is 3. The maximum atomic E-state index is 5.98. The lowest BCUT2D eigenvalue weighted by molar-refractivity contribution is 1.12. The van der Waals surface area contributed by atoms with E-state index in [0.717, 1.165) is 9.26 Å². The van der Waals surface area contributed by atoms with Gasteiger partial charge in [0, 0.05) is 9.26 Å². The number of rotatable bonds is 3. The predicted octanol–water partition coefficient (Wildman–Crippen LogP) is 2.76. The first-order valence-electron chi connectivity index (χ1n) is 4.71. The van der Waals surface area contributed by atoms with Crippen molar-refractivity contribution in [2.45, 2.75) is 0 Å². The average molecular weight is 362 g/mol. The molecule has 0 aliphatic rings. The Morgan fingerprint density at radius 2 is 1.94 bits per heavy atom. The standard InChI is InChI=1S/C10H9ClIN5/c11-8-5-14-10(17-13)16-9(8)15-7-3-1-6(12)2-4-7/h1-5H,13H2,(H2,14,15,16,17). The molecule has 0 atom stereocenters. The molecule has 17 heavy (non-hydrogen) atoms. The first kappa shape index (κ1) is 12.3. The van der Waals surface area contributed by atoms with Gasteiger partial charge in [-0.2, -0.15) is 4.98 Å². The van der Waals surface area contributed by atoms with E-state index >= 15 is 0 Å². The first-order chi connectivity index (χ1) is 8.19. The van der Waals surface area contributed by atoms with Crippen LogP contribution in [0.4, 0.5) is 17.5 Å². The normalized spacial score (nSPS) is 10.1. The molecule has 0 saturated heterocycles. The Kier molecular flexibility index (Phi) is 3.97. The molecule has 0 unspecified atom stereocenters. The number of aromatic nitrogens is 2. The summed E-state index contributed by atoms with van der Waals surface area (Å²) in [6, 6.07) is 7.85. The molecule has 0 saturated carbocycles. The molecule has 0 aliphatic heterocycles. The second-order valence-electron chi connectivity index (χ2n) is 3.17. The Balaban J connectivity index is 2.25. The van der Waals surface area contributed by atoms with Gasteiger partial charge in [-0.05, 0) is 46.9 Å². The van der Waals surface area contributed by atoms with Crippen LogP contribution in [-0.4, -0.2) is 9.97 Å². The molecule has 0 radical (unpaired) electrons. The van der Waals surface area contributed by atoms with Gasteiger partial charge >= 0.3 is 0 Å². The largest absolute Gasteiger partial charge is 0.339 e. The molecule has 0 amide bonds. The van der Waals surface area contributed by atoms with E-state index in [1.807, 2.05) is 24.3 Å². The number of halogens is 2. The minimum Gasteiger partial charge on any atom is -0.339 e. The van der Waals surface area contributed by atoms with Gasteiger partial charge in [0.05, 0.1) is 6.20 Å². The van der Waals surface area contributed by atoms with Crippen molar-refractivity contribution in [1.82, 2.24) is 9.97 Å². The Bertz CT molecular complexity index is 517. The van der Waals surface area contributed by atoms with E-state index in [0.29, 0.717) is 16.8 Å².